The number of ether oxygens (including phenoxy) is 2. The van der Waals surface area contributed by atoms with Crippen molar-refractivity contribution < 1.29 is 14.3 Å². The van der Waals surface area contributed by atoms with Gasteiger partial charge in [0.2, 0.25) is 0 Å². The molecule has 1 aliphatic carbocycles. The molecule has 0 radical (unpaired) electrons. The quantitative estimate of drug-likeness (QED) is 0.772. The topological polar surface area (TPSA) is 72.7 Å². The fourth-order valence-electron chi connectivity index (χ4n) is 4.42. The molecule has 4 heterocycles. The molecule has 8 heteroatoms. The molecule has 2 aliphatic heterocycles. The Balaban J connectivity index is 1.22. The van der Waals surface area contributed by atoms with Gasteiger partial charge in [0, 0.05) is 75.5 Å². The van der Waals surface area contributed by atoms with Gasteiger partial charge in [-0.05, 0) is 30.6 Å². The van der Waals surface area contributed by atoms with Gasteiger partial charge >= 0.3 is 6.09 Å². The lowest BCUT2D eigenvalue weighted by Crippen LogP contribution is -2.49. The van der Waals surface area contributed by atoms with Gasteiger partial charge in [0.05, 0.1) is 18.0 Å². The molecule has 0 saturated carbocycles. The molecule has 30 heavy (non-hydrogen) atoms. The molecule has 5 rings (SSSR count). The van der Waals surface area contributed by atoms with Crippen LogP contribution in [0.1, 0.15) is 29.7 Å². The summed E-state index contributed by atoms with van der Waals surface area (Å²) in [5.74, 6) is 0. The number of allylic oxidation sites excluding steroid dienone is 1. The third-order valence-corrected chi connectivity index (χ3v) is 6.10. The second-order valence-electron chi connectivity index (χ2n) is 8.13. The highest BCUT2D eigenvalue weighted by Gasteiger charge is 2.27. The molecule has 1 unspecified atom stereocenters. The number of hydrogen-bond acceptors (Lipinski definition) is 6. The fourth-order valence-corrected chi connectivity index (χ4v) is 4.42. The van der Waals surface area contributed by atoms with Crippen LogP contribution in [-0.2, 0) is 22.9 Å². The van der Waals surface area contributed by atoms with Gasteiger partial charge in [0.25, 0.3) is 0 Å². The van der Waals surface area contributed by atoms with Gasteiger partial charge in [0.1, 0.15) is 6.61 Å². The molecule has 2 aromatic heterocycles. The smallest absolute Gasteiger partial charge is 0.409 e. The van der Waals surface area contributed by atoms with Crippen molar-refractivity contribution >= 4 is 23.4 Å². The first-order valence-corrected chi connectivity index (χ1v) is 10.6. The highest BCUT2D eigenvalue weighted by molar-refractivity contribution is 5.91. The van der Waals surface area contributed by atoms with Crippen molar-refractivity contribution in [2.45, 2.75) is 25.4 Å². The van der Waals surface area contributed by atoms with Crippen LogP contribution in [0.4, 0.5) is 10.5 Å². The van der Waals surface area contributed by atoms with Gasteiger partial charge in [-0.25, -0.2) is 4.79 Å². The number of fused-ring (bicyclic) bond motifs is 1. The minimum Gasteiger partial charge on any atom is -0.447 e. The van der Waals surface area contributed by atoms with Crippen molar-refractivity contribution in [3.63, 3.8) is 0 Å². The van der Waals surface area contributed by atoms with Gasteiger partial charge < -0.3 is 19.3 Å². The van der Waals surface area contributed by atoms with Crippen molar-refractivity contribution in [3.8, 4) is 0 Å². The van der Waals surface area contributed by atoms with Gasteiger partial charge in [-0.2, -0.15) is 5.10 Å². The number of aryl methyl sites for hydroxylation is 1. The van der Waals surface area contributed by atoms with Crippen molar-refractivity contribution in [1.82, 2.24) is 19.7 Å². The molecule has 0 N–H and O–H groups in total. The zero-order chi connectivity index (χ0) is 20.5. The maximum Gasteiger partial charge on any atom is 0.409 e. The second kappa shape index (κ2) is 8.10. The summed E-state index contributed by atoms with van der Waals surface area (Å²) in [6.07, 6.45) is 10.7. The van der Waals surface area contributed by atoms with Gasteiger partial charge in [-0.15, -0.1) is 0 Å². The van der Waals surface area contributed by atoms with Crippen LogP contribution in [0, 0.1) is 0 Å². The average molecular weight is 409 g/mol. The predicted octanol–water partition coefficient (Wildman–Crippen LogP) is 2.35. The summed E-state index contributed by atoms with van der Waals surface area (Å²) in [4.78, 5) is 21.1. The van der Waals surface area contributed by atoms with Gasteiger partial charge in [-0.1, -0.05) is 0 Å². The van der Waals surface area contributed by atoms with E-state index in [0.29, 0.717) is 19.7 Å². The lowest BCUT2D eigenvalue weighted by Gasteiger charge is -2.36. The van der Waals surface area contributed by atoms with E-state index in [9.17, 15) is 4.79 Å². The van der Waals surface area contributed by atoms with Crippen LogP contribution in [0.2, 0.25) is 0 Å². The van der Waals surface area contributed by atoms with Gasteiger partial charge in [-0.3, -0.25) is 9.67 Å². The summed E-state index contributed by atoms with van der Waals surface area (Å²) in [6.45, 7) is 4.00. The Morgan fingerprint density at radius 2 is 2.17 bits per heavy atom. The second-order valence-corrected chi connectivity index (χ2v) is 8.13. The maximum absolute atomic E-state index is 12.4. The highest BCUT2D eigenvalue weighted by Crippen LogP contribution is 2.36. The Hall–Kier alpha value is -2.87. The molecule has 1 amide bonds. The van der Waals surface area contributed by atoms with E-state index in [0.717, 1.165) is 50.2 Å². The number of pyridine rings is 1. The number of aromatic nitrogens is 3. The summed E-state index contributed by atoms with van der Waals surface area (Å²) in [5.41, 5.74) is 5.86. The molecule has 2 aromatic rings. The first-order chi connectivity index (χ1) is 14.7. The van der Waals surface area contributed by atoms with Crippen LogP contribution >= 0.6 is 0 Å². The van der Waals surface area contributed by atoms with E-state index in [-0.39, 0.29) is 12.2 Å². The van der Waals surface area contributed by atoms with Crippen LogP contribution < -0.4 is 4.90 Å². The maximum atomic E-state index is 12.4. The van der Waals surface area contributed by atoms with E-state index in [4.69, 9.17) is 9.47 Å². The summed E-state index contributed by atoms with van der Waals surface area (Å²) in [7, 11) is 1.93. The van der Waals surface area contributed by atoms with Crippen LogP contribution in [-0.4, -0.2) is 71.3 Å². The molecular formula is C22H27N5O3. The Morgan fingerprint density at radius 3 is 2.90 bits per heavy atom. The summed E-state index contributed by atoms with van der Waals surface area (Å²) < 4.78 is 12.8. The first-order valence-electron chi connectivity index (χ1n) is 10.6. The lowest BCUT2D eigenvalue weighted by molar-refractivity contribution is 0.0293. The molecular weight excluding hydrogens is 382 g/mol. The SMILES string of the molecule is Cn1cc(C2=Cc3c(N4CCN(C(=O)OCC5CCCO5)CC4)ccnc3C2)cn1. The van der Waals surface area contributed by atoms with Crippen LogP contribution in [0.5, 0.6) is 0 Å². The van der Waals surface area contributed by atoms with E-state index in [1.165, 1.54) is 16.8 Å². The number of piperazine rings is 1. The van der Waals surface area contributed by atoms with Crippen LogP contribution in [0.25, 0.3) is 11.6 Å². The summed E-state index contributed by atoms with van der Waals surface area (Å²) in [5, 5.41) is 4.29. The van der Waals surface area contributed by atoms with Crippen LogP contribution in [0.15, 0.2) is 24.7 Å². The Labute approximate surface area is 176 Å². The molecule has 0 bridgehead atoms. The zero-order valence-electron chi connectivity index (χ0n) is 17.3. The zero-order valence-corrected chi connectivity index (χ0v) is 17.3. The Kier molecular flexibility index (Phi) is 5.16. The number of hydrogen-bond donors (Lipinski definition) is 0. The standard InChI is InChI=1S/C22H27N5O3/c1-25-14-17(13-24-25)16-11-19-20(12-16)23-5-4-21(19)26-6-8-27(9-7-26)22(28)30-15-18-3-2-10-29-18/h4-5,11,13-14,18H,2-3,6-10,12,15H2,1H3. The van der Waals surface area contributed by atoms with Crippen molar-refractivity contribution in [2.75, 3.05) is 44.3 Å². The van der Waals surface area contributed by atoms with E-state index >= 15 is 0 Å². The number of anilines is 1. The first kappa shape index (κ1) is 19.1. The Morgan fingerprint density at radius 1 is 1.30 bits per heavy atom. The van der Waals surface area contributed by atoms with E-state index in [1.54, 1.807) is 4.90 Å². The fraction of sp³-hybridized carbons (Fsp3) is 0.500. The molecule has 1 atom stereocenters. The minimum atomic E-state index is -0.233. The minimum absolute atomic E-state index is 0.0652. The van der Waals surface area contributed by atoms with Crippen molar-refractivity contribution in [1.29, 1.82) is 0 Å². The number of rotatable bonds is 4. The van der Waals surface area contributed by atoms with E-state index in [2.05, 4.69) is 27.1 Å². The number of amides is 1. The molecule has 3 aliphatic rings. The molecule has 0 spiro atoms. The van der Waals surface area contributed by atoms with Crippen molar-refractivity contribution in [3.05, 3.63) is 41.5 Å². The highest BCUT2D eigenvalue weighted by atomic mass is 16.6. The van der Waals surface area contributed by atoms with E-state index < -0.39 is 0 Å². The monoisotopic (exact) mass is 409 g/mol. The van der Waals surface area contributed by atoms with Gasteiger partial charge in [0.15, 0.2) is 0 Å². The number of carbonyl (C=O) groups is 1. The summed E-state index contributed by atoms with van der Waals surface area (Å²) >= 11 is 0. The number of nitrogens with zero attached hydrogens (tertiary/aromatic N) is 5. The average Bonchev–Trinajstić information content (AvgIpc) is 3.52. The normalized spacial score (nSPS) is 21.0. The third-order valence-electron chi connectivity index (χ3n) is 6.10. The number of carbonyl (C=O) groups excluding carboxylic acids is 1. The Bertz CT molecular complexity index is 955. The largest absolute Gasteiger partial charge is 0.447 e. The molecule has 8 nitrogen and oxygen atoms in total. The predicted molar refractivity (Wildman–Crippen MR) is 113 cm³/mol. The van der Waals surface area contributed by atoms with Crippen molar-refractivity contribution in [2.24, 2.45) is 7.05 Å². The third kappa shape index (κ3) is 3.79. The van der Waals surface area contributed by atoms with Crippen LogP contribution in [0.3, 0.4) is 0 Å². The molecule has 0 aromatic carbocycles. The lowest BCUT2D eigenvalue weighted by atomic mass is 10.1. The molecule has 2 fully saturated rings. The molecule has 2 saturated heterocycles. The summed E-state index contributed by atoms with van der Waals surface area (Å²) in [6, 6.07) is 2.08. The van der Waals surface area contributed by atoms with E-state index in [1.807, 2.05) is 30.3 Å². The molecule has 158 valence electrons.